The van der Waals surface area contributed by atoms with E-state index in [-0.39, 0.29) is 11.5 Å². The van der Waals surface area contributed by atoms with E-state index in [1.165, 1.54) is 12.1 Å². The lowest BCUT2D eigenvalue weighted by atomic mass is 10.1. The molecule has 2 aromatic carbocycles. The van der Waals surface area contributed by atoms with E-state index < -0.39 is 10.1 Å². The number of halogens is 1. The minimum absolute atomic E-state index is 0.0186. The van der Waals surface area contributed by atoms with Crippen molar-refractivity contribution in [3.8, 4) is 5.75 Å². The summed E-state index contributed by atoms with van der Waals surface area (Å²) >= 11 is 6.22. The van der Waals surface area contributed by atoms with Crippen LogP contribution in [0.5, 0.6) is 5.75 Å². The molecule has 136 valence electrons. The highest BCUT2D eigenvalue weighted by Gasteiger charge is 2.15. The van der Waals surface area contributed by atoms with Crippen LogP contribution >= 0.6 is 11.6 Å². The highest BCUT2D eigenvalue weighted by atomic mass is 35.5. The molecule has 1 heterocycles. The van der Waals surface area contributed by atoms with Crippen molar-refractivity contribution in [3.63, 3.8) is 0 Å². The molecule has 0 N–H and O–H groups in total. The first-order valence-electron chi connectivity index (χ1n) is 8.16. The molecule has 5 nitrogen and oxygen atoms in total. The van der Waals surface area contributed by atoms with E-state index in [4.69, 9.17) is 20.5 Å². The van der Waals surface area contributed by atoms with Gasteiger partial charge in [-0.1, -0.05) is 29.8 Å². The van der Waals surface area contributed by atoms with Gasteiger partial charge in [0.2, 0.25) is 0 Å². The van der Waals surface area contributed by atoms with Crippen LogP contribution in [0, 0.1) is 0 Å². The summed E-state index contributed by atoms with van der Waals surface area (Å²) in [7, 11) is -3.78. The lowest BCUT2D eigenvalue weighted by molar-refractivity contribution is 0.322. The Morgan fingerprint density at radius 1 is 1.08 bits per heavy atom. The zero-order valence-electron chi connectivity index (χ0n) is 14.2. The summed E-state index contributed by atoms with van der Waals surface area (Å²) < 4.78 is 34.9. The van der Waals surface area contributed by atoms with Gasteiger partial charge in [0.25, 0.3) is 10.1 Å². The second kappa shape index (κ2) is 8.03. The van der Waals surface area contributed by atoms with Crippen molar-refractivity contribution in [1.29, 1.82) is 0 Å². The molecular formula is C19H18ClNO4S. The van der Waals surface area contributed by atoms with Gasteiger partial charge in [-0.05, 0) is 48.9 Å². The first kappa shape index (κ1) is 18.6. The standard InChI is InChI=1S/C19H18ClNO4S/c1-2-24-16-8-9-18-15(13-16)12-14(19(20)21-18)10-11-25-26(22,23)17-6-4-3-5-7-17/h3-9,12-13H,2,10-11H2,1H3. The first-order valence-corrected chi connectivity index (χ1v) is 9.94. The van der Waals surface area contributed by atoms with Gasteiger partial charge >= 0.3 is 0 Å². The Hall–Kier alpha value is -2.15. The molecule has 0 amide bonds. The van der Waals surface area contributed by atoms with Crippen LogP contribution in [0.3, 0.4) is 0 Å². The minimum atomic E-state index is -3.78. The van der Waals surface area contributed by atoms with Crippen molar-refractivity contribution in [2.24, 2.45) is 0 Å². The second-order valence-corrected chi connectivity index (χ2v) is 7.54. The highest BCUT2D eigenvalue weighted by molar-refractivity contribution is 7.86. The van der Waals surface area contributed by atoms with E-state index in [1.54, 1.807) is 18.2 Å². The molecule has 0 radical (unpaired) electrons. The second-order valence-electron chi connectivity index (χ2n) is 5.56. The first-order chi connectivity index (χ1) is 12.5. The molecule has 0 bridgehead atoms. The van der Waals surface area contributed by atoms with E-state index in [0.29, 0.717) is 18.2 Å². The number of fused-ring (bicyclic) bond motifs is 1. The fraction of sp³-hybridized carbons (Fsp3) is 0.211. The van der Waals surface area contributed by atoms with Crippen molar-refractivity contribution < 1.29 is 17.3 Å². The highest BCUT2D eigenvalue weighted by Crippen LogP contribution is 2.25. The third kappa shape index (κ3) is 4.33. The quantitative estimate of drug-likeness (QED) is 0.445. The molecule has 0 saturated heterocycles. The van der Waals surface area contributed by atoms with Gasteiger partial charge in [0.15, 0.2) is 0 Å². The Bertz CT molecular complexity index is 1010. The number of hydrogen-bond acceptors (Lipinski definition) is 5. The van der Waals surface area contributed by atoms with Crippen LogP contribution in [0.4, 0.5) is 0 Å². The third-order valence-corrected chi connectivity index (χ3v) is 5.42. The lowest BCUT2D eigenvalue weighted by Crippen LogP contribution is -2.09. The van der Waals surface area contributed by atoms with Crippen LogP contribution in [0.15, 0.2) is 59.5 Å². The van der Waals surface area contributed by atoms with Gasteiger partial charge < -0.3 is 4.74 Å². The fourth-order valence-electron chi connectivity index (χ4n) is 2.52. The summed E-state index contributed by atoms with van der Waals surface area (Å²) in [5, 5.41) is 1.21. The van der Waals surface area contributed by atoms with Crippen molar-refractivity contribution in [1.82, 2.24) is 4.98 Å². The maximum Gasteiger partial charge on any atom is 0.296 e. The predicted octanol–water partition coefficient (Wildman–Crippen LogP) is 4.23. The number of pyridine rings is 1. The molecule has 0 fully saturated rings. The molecule has 0 saturated carbocycles. The Labute approximate surface area is 157 Å². The van der Waals surface area contributed by atoms with Crippen LogP contribution in [-0.4, -0.2) is 26.6 Å². The summed E-state index contributed by atoms with van der Waals surface area (Å²) in [6.45, 7) is 2.47. The van der Waals surface area contributed by atoms with E-state index in [0.717, 1.165) is 22.2 Å². The zero-order valence-corrected chi connectivity index (χ0v) is 15.8. The molecule has 0 atom stereocenters. The maximum absolute atomic E-state index is 12.1. The van der Waals surface area contributed by atoms with Crippen LogP contribution in [-0.2, 0) is 20.7 Å². The van der Waals surface area contributed by atoms with E-state index in [9.17, 15) is 8.42 Å². The Kier molecular flexibility index (Phi) is 5.76. The number of benzene rings is 2. The number of nitrogens with zero attached hydrogens (tertiary/aromatic N) is 1. The van der Waals surface area contributed by atoms with Crippen molar-refractivity contribution in [2.45, 2.75) is 18.2 Å². The number of aromatic nitrogens is 1. The van der Waals surface area contributed by atoms with E-state index in [2.05, 4.69) is 4.98 Å². The molecule has 3 rings (SSSR count). The smallest absolute Gasteiger partial charge is 0.296 e. The summed E-state index contributed by atoms with van der Waals surface area (Å²) in [6.07, 6.45) is 0.326. The third-order valence-electron chi connectivity index (χ3n) is 3.77. The Morgan fingerprint density at radius 2 is 1.85 bits per heavy atom. The zero-order chi connectivity index (χ0) is 18.6. The van der Waals surface area contributed by atoms with Gasteiger partial charge in [0.05, 0.1) is 23.6 Å². The van der Waals surface area contributed by atoms with Gasteiger partial charge in [-0.25, -0.2) is 4.98 Å². The molecular weight excluding hydrogens is 374 g/mol. The van der Waals surface area contributed by atoms with Crippen LogP contribution in [0.25, 0.3) is 10.9 Å². The van der Waals surface area contributed by atoms with Crippen LogP contribution < -0.4 is 4.74 Å². The number of ether oxygens (including phenoxy) is 1. The van der Waals surface area contributed by atoms with Gasteiger partial charge in [-0.15, -0.1) is 0 Å². The van der Waals surface area contributed by atoms with E-state index in [1.807, 2.05) is 31.2 Å². The average molecular weight is 392 g/mol. The van der Waals surface area contributed by atoms with Crippen molar-refractivity contribution in [3.05, 3.63) is 65.3 Å². The minimum Gasteiger partial charge on any atom is -0.494 e. The average Bonchev–Trinajstić information content (AvgIpc) is 2.63. The molecule has 0 aliphatic rings. The fourth-order valence-corrected chi connectivity index (χ4v) is 3.69. The summed E-state index contributed by atoms with van der Waals surface area (Å²) in [4.78, 5) is 4.48. The van der Waals surface area contributed by atoms with Gasteiger partial charge in [0, 0.05) is 11.8 Å². The van der Waals surface area contributed by atoms with Crippen LogP contribution in [0.2, 0.25) is 5.15 Å². The number of rotatable bonds is 7. The molecule has 0 spiro atoms. The van der Waals surface area contributed by atoms with Gasteiger partial charge in [-0.2, -0.15) is 8.42 Å². The molecule has 26 heavy (non-hydrogen) atoms. The number of hydrogen-bond donors (Lipinski definition) is 0. The SMILES string of the molecule is CCOc1ccc2nc(Cl)c(CCOS(=O)(=O)c3ccccc3)cc2c1. The Morgan fingerprint density at radius 3 is 2.58 bits per heavy atom. The molecule has 0 unspecified atom stereocenters. The van der Waals surface area contributed by atoms with Gasteiger partial charge in [0.1, 0.15) is 10.9 Å². The van der Waals surface area contributed by atoms with Gasteiger partial charge in [-0.3, -0.25) is 4.18 Å². The topological polar surface area (TPSA) is 65.5 Å². The predicted molar refractivity (Wildman–Crippen MR) is 101 cm³/mol. The Balaban J connectivity index is 1.75. The molecule has 0 aliphatic carbocycles. The summed E-state index contributed by atoms with van der Waals surface area (Å²) in [5.74, 6) is 0.748. The van der Waals surface area contributed by atoms with Crippen molar-refractivity contribution >= 4 is 32.6 Å². The summed E-state index contributed by atoms with van der Waals surface area (Å²) in [6, 6.07) is 15.5. The monoisotopic (exact) mass is 391 g/mol. The van der Waals surface area contributed by atoms with Crippen LogP contribution in [0.1, 0.15) is 12.5 Å². The maximum atomic E-state index is 12.1. The van der Waals surface area contributed by atoms with Crippen molar-refractivity contribution in [2.75, 3.05) is 13.2 Å². The van der Waals surface area contributed by atoms with E-state index >= 15 is 0 Å². The molecule has 7 heteroatoms. The normalized spacial score (nSPS) is 11.6. The molecule has 1 aromatic heterocycles. The largest absolute Gasteiger partial charge is 0.494 e. The summed E-state index contributed by atoms with van der Waals surface area (Å²) in [5.41, 5.74) is 1.47. The molecule has 0 aliphatic heterocycles. The lowest BCUT2D eigenvalue weighted by Gasteiger charge is -2.09. The molecule has 3 aromatic rings.